The summed E-state index contributed by atoms with van der Waals surface area (Å²) in [6.07, 6.45) is 4.41. The summed E-state index contributed by atoms with van der Waals surface area (Å²) in [6.45, 7) is 1.81. The molecule has 1 saturated carbocycles. The predicted molar refractivity (Wildman–Crippen MR) is 61.9 cm³/mol. The van der Waals surface area contributed by atoms with E-state index in [0.717, 1.165) is 26.1 Å². The van der Waals surface area contributed by atoms with E-state index >= 15 is 0 Å². The van der Waals surface area contributed by atoms with Gasteiger partial charge in [-0.1, -0.05) is 0 Å². The lowest BCUT2D eigenvalue weighted by Gasteiger charge is -2.38. The first kappa shape index (κ1) is 11.3. The molecule has 0 aromatic rings. The summed E-state index contributed by atoms with van der Waals surface area (Å²) in [5.41, 5.74) is -0.263. The number of hydrogen-bond acceptors (Lipinski definition) is 4. The molecule has 1 N–H and O–H groups in total. The highest BCUT2D eigenvalue weighted by atomic mass is 32.2. The van der Waals surface area contributed by atoms with Gasteiger partial charge in [0.1, 0.15) is 5.54 Å². The lowest BCUT2D eigenvalue weighted by molar-refractivity contribution is 0.0451. The van der Waals surface area contributed by atoms with E-state index in [-0.39, 0.29) is 5.54 Å². The molecule has 4 heteroatoms. The van der Waals surface area contributed by atoms with E-state index in [4.69, 9.17) is 4.74 Å². The smallest absolute Gasteiger partial charge is 0.107 e. The van der Waals surface area contributed by atoms with Crippen LogP contribution >= 0.6 is 11.8 Å². The minimum absolute atomic E-state index is 0.263. The Labute approximate surface area is 95.6 Å². The molecule has 0 spiro atoms. The molecule has 0 bridgehead atoms. The van der Waals surface area contributed by atoms with Gasteiger partial charge < -0.3 is 10.1 Å². The second kappa shape index (κ2) is 4.73. The Kier molecular flexibility index (Phi) is 3.55. The van der Waals surface area contributed by atoms with Gasteiger partial charge in [-0.05, 0) is 32.7 Å². The lowest BCUT2D eigenvalue weighted by Crippen LogP contribution is -2.47. The van der Waals surface area contributed by atoms with E-state index in [1.54, 1.807) is 0 Å². The van der Waals surface area contributed by atoms with E-state index in [1.165, 1.54) is 12.8 Å². The fraction of sp³-hybridized carbons (Fsp3) is 0.909. The molecule has 2 fully saturated rings. The van der Waals surface area contributed by atoms with Crippen molar-refractivity contribution in [2.75, 3.05) is 20.3 Å². The first-order valence-corrected chi connectivity index (χ1v) is 6.56. The van der Waals surface area contributed by atoms with Crippen LogP contribution in [0.15, 0.2) is 0 Å². The van der Waals surface area contributed by atoms with E-state index in [2.05, 4.69) is 11.4 Å². The van der Waals surface area contributed by atoms with Crippen molar-refractivity contribution in [3.05, 3.63) is 0 Å². The highest BCUT2D eigenvalue weighted by Crippen LogP contribution is 2.37. The maximum atomic E-state index is 9.22. The van der Waals surface area contributed by atoms with Gasteiger partial charge in [-0.2, -0.15) is 17.0 Å². The van der Waals surface area contributed by atoms with Crippen molar-refractivity contribution in [3.63, 3.8) is 0 Å². The van der Waals surface area contributed by atoms with Gasteiger partial charge >= 0.3 is 0 Å². The Morgan fingerprint density at radius 1 is 1.47 bits per heavy atom. The van der Waals surface area contributed by atoms with Gasteiger partial charge in [0.2, 0.25) is 0 Å². The van der Waals surface area contributed by atoms with Gasteiger partial charge in [-0.15, -0.1) is 0 Å². The maximum absolute atomic E-state index is 9.22. The summed E-state index contributed by atoms with van der Waals surface area (Å²) >= 11 is 2.02. The summed E-state index contributed by atoms with van der Waals surface area (Å²) in [5, 5.41) is 13.7. The van der Waals surface area contributed by atoms with Crippen molar-refractivity contribution in [2.45, 2.75) is 41.7 Å². The zero-order valence-corrected chi connectivity index (χ0v) is 9.98. The molecule has 2 rings (SSSR count). The van der Waals surface area contributed by atoms with Crippen molar-refractivity contribution < 1.29 is 4.74 Å². The molecule has 1 aliphatic carbocycles. The fourth-order valence-electron chi connectivity index (χ4n) is 2.29. The van der Waals surface area contributed by atoms with E-state index < -0.39 is 0 Å². The maximum Gasteiger partial charge on any atom is 0.107 e. The molecule has 0 aromatic carbocycles. The van der Waals surface area contributed by atoms with Crippen molar-refractivity contribution in [1.29, 1.82) is 5.26 Å². The minimum atomic E-state index is -0.263. The summed E-state index contributed by atoms with van der Waals surface area (Å²) in [5.74, 6) is 0. The topological polar surface area (TPSA) is 45.0 Å². The van der Waals surface area contributed by atoms with Gasteiger partial charge in [0.15, 0.2) is 0 Å². The number of thioether (sulfide) groups is 1. The first-order chi connectivity index (χ1) is 7.28. The molecule has 3 nitrogen and oxygen atoms in total. The number of rotatable bonds is 3. The third kappa shape index (κ3) is 2.47. The molecule has 84 valence electrons. The largest absolute Gasteiger partial charge is 0.379 e. The van der Waals surface area contributed by atoms with E-state index in [9.17, 15) is 5.26 Å². The normalized spacial score (nSPS) is 36.9. The van der Waals surface area contributed by atoms with Gasteiger partial charge in [0.25, 0.3) is 0 Å². The third-order valence-electron chi connectivity index (χ3n) is 3.39. The molecule has 2 aliphatic rings. The zero-order chi connectivity index (χ0) is 10.7. The Morgan fingerprint density at radius 3 is 2.80 bits per heavy atom. The summed E-state index contributed by atoms with van der Waals surface area (Å²) in [6, 6.07) is 2.45. The second-order valence-corrected chi connectivity index (χ2v) is 6.06. The fourth-order valence-corrected chi connectivity index (χ4v) is 3.87. The molecule has 15 heavy (non-hydrogen) atoms. The van der Waals surface area contributed by atoms with Crippen LogP contribution in [0.3, 0.4) is 0 Å². The molecule has 1 heterocycles. The van der Waals surface area contributed by atoms with Crippen LogP contribution < -0.4 is 5.32 Å². The monoisotopic (exact) mass is 226 g/mol. The second-order valence-electron chi connectivity index (χ2n) is 4.46. The van der Waals surface area contributed by atoms with Crippen molar-refractivity contribution in [3.8, 4) is 6.07 Å². The molecule has 0 radical (unpaired) electrons. The average molecular weight is 226 g/mol. The zero-order valence-electron chi connectivity index (χ0n) is 9.16. The quantitative estimate of drug-likeness (QED) is 0.793. The number of nitrogens with one attached hydrogen (secondary N) is 1. The molecule has 0 amide bonds. The Balaban J connectivity index is 1.88. The predicted octanol–water partition coefficient (Wildman–Crippen LogP) is 1.54. The van der Waals surface area contributed by atoms with Crippen LogP contribution in [-0.4, -0.2) is 36.3 Å². The lowest BCUT2D eigenvalue weighted by atomic mass is 9.83. The molecule has 1 saturated heterocycles. The van der Waals surface area contributed by atoms with Crippen LogP contribution in [0.25, 0.3) is 0 Å². The van der Waals surface area contributed by atoms with Crippen molar-refractivity contribution >= 4 is 11.8 Å². The Hall–Kier alpha value is -0.240. The Bertz CT molecular complexity index is 262. The molecule has 2 unspecified atom stereocenters. The molecule has 2 atom stereocenters. The molecular formula is C11H18N2OS. The van der Waals surface area contributed by atoms with Crippen molar-refractivity contribution in [1.82, 2.24) is 5.32 Å². The van der Waals surface area contributed by atoms with Crippen LogP contribution in [-0.2, 0) is 4.74 Å². The van der Waals surface area contributed by atoms with Gasteiger partial charge in [-0.25, -0.2) is 0 Å². The minimum Gasteiger partial charge on any atom is -0.379 e. The number of hydrogen-bond donors (Lipinski definition) is 1. The standard InChI is InChI=1S/C11H18N2OS/c1-13-11(8-12)4-2-3-9(5-11)15-10-6-14-7-10/h9-10,13H,2-7H2,1H3. The van der Waals surface area contributed by atoms with Gasteiger partial charge in [-0.3, -0.25) is 0 Å². The van der Waals surface area contributed by atoms with Gasteiger partial charge in [0, 0.05) is 5.25 Å². The van der Waals surface area contributed by atoms with Crippen LogP contribution in [0, 0.1) is 11.3 Å². The Morgan fingerprint density at radius 2 is 2.27 bits per heavy atom. The highest BCUT2D eigenvalue weighted by molar-refractivity contribution is 8.00. The first-order valence-electron chi connectivity index (χ1n) is 5.61. The summed E-state index contributed by atoms with van der Waals surface area (Å²) in [4.78, 5) is 0. The third-order valence-corrected chi connectivity index (χ3v) is 4.84. The number of nitriles is 1. The summed E-state index contributed by atoms with van der Waals surface area (Å²) in [7, 11) is 1.91. The number of ether oxygens (including phenoxy) is 1. The van der Waals surface area contributed by atoms with Crippen LogP contribution in [0.4, 0.5) is 0 Å². The van der Waals surface area contributed by atoms with Crippen molar-refractivity contribution in [2.24, 2.45) is 0 Å². The van der Waals surface area contributed by atoms with Crippen LogP contribution in [0.5, 0.6) is 0 Å². The van der Waals surface area contributed by atoms with E-state index in [1.807, 2.05) is 18.8 Å². The molecular weight excluding hydrogens is 208 g/mol. The summed E-state index contributed by atoms with van der Waals surface area (Å²) < 4.78 is 5.18. The van der Waals surface area contributed by atoms with Crippen LogP contribution in [0.1, 0.15) is 25.7 Å². The average Bonchev–Trinajstić information content (AvgIpc) is 2.24. The van der Waals surface area contributed by atoms with Crippen LogP contribution in [0.2, 0.25) is 0 Å². The van der Waals surface area contributed by atoms with Gasteiger partial charge in [0.05, 0.1) is 24.5 Å². The number of nitrogens with zero attached hydrogens (tertiary/aromatic N) is 1. The molecule has 0 aromatic heterocycles. The highest BCUT2D eigenvalue weighted by Gasteiger charge is 2.37. The molecule has 1 aliphatic heterocycles. The van der Waals surface area contributed by atoms with E-state index in [0.29, 0.717) is 10.5 Å². The SMILES string of the molecule is CNC1(C#N)CCCC(SC2COC2)C1.